The van der Waals surface area contributed by atoms with Crippen molar-refractivity contribution in [2.75, 3.05) is 7.11 Å². The maximum atomic E-state index is 12.0. The van der Waals surface area contributed by atoms with E-state index >= 15 is 0 Å². The molecule has 0 atom stereocenters. The third kappa shape index (κ3) is 3.15. The molecular formula is C16H18N2O2. The number of ether oxygens (including phenoxy) is 1. The van der Waals surface area contributed by atoms with Gasteiger partial charge in [-0.3, -0.25) is 9.78 Å². The third-order valence-electron chi connectivity index (χ3n) is 3.26. The number of aromatic nitrogens is 1. The number of nitrogens with zero attached hydrogens (tertiary/aromatic N) is 1. The fourth-order valence-electron chi connectivity index (χ4n) is 1.95. The van der Waals surface area contributed by atoms with Gasteiger partial charge in [0.05, 0.1) is 12.7 Å². The summed E-state index contributed by atoms with van der Waals surface area (Å²) in [6.07, 6.45) is 3.19. The highest BCUT2D eigenvalue weighted by molar-refractivity contribution is 5.93. The molecule has 104 valence electrons. The van der Waals surface area contributed by atoms with Crippen molar-refractivity contribution in [3.63, 3.8) is 0 Å². The van der Waals surface area contributed by atoms with Crippen molar-refractivity contribution in [2.24, 2.45) is 0 Å². The summed E-state index contributed by atoms with van der Waals surface area (Å²) < 4.78 is 5.36. The zero-order chi connectivity index (χ0) is 14.5. The molecule has 0 bridgehead atoms. The smallest absolute Gasteiger partial charge is 0.253 e. The zero-order valence-electron chi connectivity index (χ0n) is 11.9. The molecule has 4 nitrogen and oxygen atoms in total. The molecule has 2 aromatic rings. The standard InChI is InChI=1S/C16H18N2O2/c1-11-7-14(15(20-3)8-12(11)2)10-18-16(19)13-5-4-6-17-9-13/h4-9H,10H2,1-3H3,(H,18,19). The fraction of sp³-hybridized carbons (Fsp3) is 0.250. The Bertz CT molecular complexity index is 609. The van der Waals surface area contributed by atoms with Crippen LogP contribution >= 0.6 is 0 Å². The van der Waals surface area contributed by atoms with Crippen molar-refractivity contribution in [1.29, 1.82) is 0 Å². The number of amides is 1. The van der Waals surface area contributed by atoms with Crippen molar-refractivity contribution >= 4 is 5.91 Å². The number of rotatable bonds is 4. The second-order valence-corrected chi connectivity index (χ2v) is 4.67. The number of benzene rings is 1. The highest BCUT2D eigenvalue weighted by Gasteiger charge is 2.09. The van der Waals surface area contributed by atoms with Crippen LogP contribution in [0.4, 0.5) is 0 Å². The van der Waals surface area contributed by atoms with E-state index in [9.17, 15) is 4.79 Å². The van der Waals surface area contributed by atoms with E-state index in [1.54, 1.807) is 31.6 Å². The number of aryl methyl sites for hydroxylation is 2. The molecule has 0 radical (unpaired) electrons. The van der Waals surface area contributed by atoms with Crippen LogP contribution in [0, 0.1) is 13.8 Å². The average Bonchev–Trinajstić information content (AvgIpc) is 2.48. The van der Waals surface area contributed by atoms with Crippen LogP contribution in [0.1, 0.15) is 27.0 Å². The lowest BCUT2D eigenvalue weighted by molar-refractivity contribution is 0.0950. The summed E-state index contributed by atoms with van der Waals surface area (Å²) in [5.74, 6) is 0.651. The monoisotopic (exact) mass is 270 g/mol. The third-order valence-corrected chi connectivity index (χ3v) is 3.26. The van der Waals surface area contributed by atoms with Gasteiger partial charge >= 0.3 is 0 Å². The van der Waals surface area contributed by atoms with E-state index in [2.05, 4.69) is 10.3 Å². The molecule has 0 aliphatic carbocycles. The lowest BCUT2D eigenvalue weighted by Gasteiger charge is -2.12. The van der Waals surface area contributed by atoms with E-state index in [-0.39, 0.29) is 5.91 Å². The molecule has 20 heavy (non-hydrogen) atoms. The van der Waals surface area contributed by atoms with E-state index in [1.807, 2.05) is 26.0 Å². The Labute approximate surface area is 118 Å². The molecule has 0 unspecified atom stereocenters. The Hall–Kier alpha value is -2.36. The normalized spacial score (nSPS) is 10.2. The van der Waals surface area contributed by atoms with Crippen LogP contribution in [0.15, 0.2) is 36.7 Å². The number of hydrogen-bond acceptors (Lipinski definition) is 3. The minimum absolute atomic E-state index is 0.140. The van der Waals surface area contributed by atoms with Crippen LogP contribution in [0.5, 0.6) is 5.75 Å². The average molecular weight is 270 g/mol. The summed E-state index contributed by atoms with van der Waals surface area (Å²) in [4.78, 5) is 15.9. The van der Waals surface area contributed by atoms with Crippen LogP contribution in [0.3, 0.4) is 0 Å². The van der Waals surface area contributed by atoms with Gasteiger partial charge < -0.3 is 10.1 Å². The molecule has 0 aliphatic heterocycles. The SMILES string of the molecule is COc1cc(C)c(C)cc1CNC(=O)c1cccnc1. The first-order valence-corrected chi connectivity index (χ1v) is 6.44. The van der Waals surface area contributed by atoms with Gasteiger partial charge in [-0.25, -0.2) is 0 Å². The van der Waals surface area contributed by atoms with Gasteiger partial charge in [0.25, 0.3) is 5.91 Å². The molecule has 1 aromatic carbocycles. The van der Waals surface area contributed by atoms with E-state index in [4.69, 9.17) is 4.74 Å². The van der Waals surface area contributed by atoms with Crippen LogP contribution in [0.2, 0.25) is 0 Å². The largest absolute Gasteiger partial charge is 0.496 e. The molecule has 2 rings (SSSR count). The predicted octanol–water partition coefficient (Wildman–Crippen LogP) is 2.64. The minimum atomic E-state index is -0.140. The molecule has 0 fully saturated rings. The van der Waals surface area contributed by atoms with Crippen LogP contribution < -0.4 is 10.1 Å². The van der Waals surface area contributed by atoms with Gasteiger partial charge in [0.2, 0.25) is 0 Å². The Balaban J connectivity index is 2.11. The summed E-state index contributed by atoms with van der Waals surface area (Å²) in [6, 6.07) is 7.50. The molecule has 1 aromatic heterocycles. The maximum Gasteiger partial charge on any atom is 0.253 e. The van der Waals surface area contributed by atoms with Crippen molar-refractivity contribution in [1.82, 2.24) is 10.3 Å². The topological polar surface area (TPSA) is 51.2 Å². The first-order chi connectivity index (χ1) is 9.61. The number of hydrogen-bond donors (Lipinski definition) is 1. The van der Waals surface area contributed by atoms with Gasteiger partial charge in [-0.05, 0) is 43.2 Å². The van der Waals surface area contributed by atoms with Crippen molar-refractivity contribution in [3.8, 4) is 5.75 Å². The summed E-state index contributed by atoms with van der Waals surface area (Å²) in [5, 5.41) is 2.88. The quantitative estimate of drug-likeness (QED) is 0.929. The van der Waals surface area contributed by atoms with E-state index in [0.717, 1.165) is 11.3 Å². The molecule has 0 saturated heterocycles. The van der Waals surface area contributed by atoms with Crippen molar-refractivity contribution in [2.45, 2.75) is 20.4 Å². The van der Waals surface area contributed by atoms with Crippen LogP contribution in [0.25, 0.3) is 0 Å². The van der Waals surface area contributed by atoms with E-state index < -0.39 is 0 Å². The molecule has 0 spiro atoms. The molecule has 1 heterocycles. The minimum Gasteiger partial charge on any atom is -0.496 e. The Kier molecular flexibility index (Phi) is 4.35. The first-order valence-electron chi connectivity index (χ1n) is 6.44. The zero-order valence-corrected chi connectivity index (χ0v) is 11.9. The highest BCUT2D eigenvalue weighted by atomic mass is 16.5. The highest BCUT2D eigenvalue weighted by Crippen LogP contribution is 2.22. The summed E-state index contributed by atoms with van der Waals surface area (Å²) in [5.41, 5.74) is 3.86. The summed E-state index contributed by atoms with van der Waals surface area (Å²) in [7, 11) is 1.64. The first kappa shape index (κ1) is 14.1. The molecule has 0 saturated carbocycles. The molecular weight excluding hydrogens is 252 g/mol. The van der Waals surface area contributed by atoms with Crippen LogP contribution in [-0.4, -0.2) is 18.0 Å². The number of carbonyl (C=O) groups excluding carboxylic acids is 1. The second-order valence-electron chi connectivity index (χ2n) is 4.67. The molecule has 0 aliphatic rings. The van der Waals surface area contributed by atoms with Gasteiger partial charge in [0, 0.05) is 24.5 Å². The second kappa shape index (κ2) is 6.19. The van der Waals surface area contributed by atoms with Crippen LogP contribution in [-0.2, 0) is 6.54 Å². The van der Waals surface area contributed by atoms with Gasteiger partial charge in [0.15, 0.2) is 0 Å². The summed E-state index contributed by atoms with van der Waals surface area (Å²) in [6.45, 7) is 4.51. The molecule has 4 heteroatoms. The Morgan fingerprint density at radius 3 is 2.70 bits per heavy atom. The van der Waals surface area contributed by atoms with E-state index in [0.29, 0.717) is 12.1 Å². The molecule has 1 N–H and O–H groups in total. The Morgan fingerprint density at radius 2 is 2.05 bits per heavy atom. The van der Waals surface area contributed by atoms with E-state index in [1.165, 1.54) is 11.1 Å². The van der Waals surface area contributed by atoms with Crippen molar-refractivity contribution < 1.29 is 9.53 Å². The summed E-state index contributed by atoms with van der Waals surface area (Å²) >= 11 is 0. The van der Waals surface area contributed by atoms with Gasteiger partial charge in [-0.2, -0.15) is 0 Å². The Morgan fingerprint density at radius 1 is 1.30 bits per heavy atom. The van der Waals surface area contributed by atoms with Crippen molar-refractivity contribution in [3.05, 3.63) is 58.9 Å². The fourth-order valence-corrected chi connectivity index (χ4v) is 1.95. The number of nitrogens with one attached hydrogen (secondary N) is 1. The lowest BCUT2D eigenvalue weighted by atomic mass is 10.0. The maximum absolute atomic E-state index is 12.0. The number of carbonyl (C=O) groups is 1. The molecule has 1 amide bonds. The van der Waals surface area contributed by atoms with Gasteiger partial charge in [-0.1, -0.05) is 6.07 Å². The van der Waals surface area contributed by atoms with Gasteiger partial charge in [0.1, 0.15) is 5.75 Å². The lowest BCUT2D eigenvalue weighted by Crippen LogP contribution is -2.23. The van der Waals surface area contributed by atoms with Gasteiger partial charge in [-0.15, -0.1) is 0 Å². The number of pyridine rings is 1. The predicted molar refractivity (Wildman–Crippen MR) is 77.9 cm³/mol. The number of methoxy groups -OCH3 is 1.